The fourth-order valence-corrected chi connectivity index (χ4v) is 1.30. The summed E-state index contributed by atoms with van der Waals surface area (Å²) >= 11 is 8.80. The Morgan fingerprint density at radius 2 is 1.45 bits per heavy atom. The van der Waals surface area contributed by atoms with E-state index in [1.807, 2.05) is 54.6 Å². The molecule has 0 unspecified atom stereocenters. The van der Waals surface area contributed by atoms with Gasteiger partial charge in [-0.25, -0.2) is 0 Å². The van der Waals surface area contributed by atoms with Crippen LogP contribution in [-0.2, 0) is 6.61 Å². The second-order valence-electron chi connectivity index (χ2n) is 4.63. The molecule has 2 aromatic rings. The Morgan fingerprint density at radius 1 is 0.955 bits per heavy atom. The molecule has 0 saturated heterocycles. The lowest BCUT2D eigenvalue weighted by atomic mass is 10.2. The summed E-state index contributed by atoms with van der Waals surface area (Å²) in [6, 6.07) is 17.5. The van der Waals surface area contributed by atoms with Gasteiger partial charge in [0.15, 0.2) is 0 Å². The first-order valence-electron chi connectivity index (χ1n) is 6.95. The van der Waals surface area contributed by atoms with Crippen LogP contribution in [0.4, 0.5) is 10.5 Å². The molecule has 118 valence electrons. The third-order valence-corrected chi connectivity index (χ3v) is 2.48. The number of anilines is 1. The summed E-state index contributed by atoms with van der Waals surface area (Å²) in [7, 11) is 0. The summed E-state index contributed by atoms with van der Waals surface area (Å²) in [4.78, 5) is 8.98. The molecule has 3 rings (SSSR count). The zero-order valence-corrected chi connectivity index (χ0v) is 13.7. The first kappa shape index (κ1) is 18.3. The molecule has 1 saturated carbocycles. The molecule has 5 heteroatoms. The smallest absolute Gasteiger partial charge is 0.313 e. The number of nitrogens with two attached hydrogens (primary N) is 1. The second kappa shape index (κ2) is 10.9. The third kappa shape index (κ3) is 11.0. The Balaban J connectivity index is 0.000000287. The molecular weight excluding hydrogens is 321 g/mol. The number of nitrogen functional groups attached to an aromatic ring is 1. The Labute approximate surface area is 141 Å². The van der Waals surface area contributed by atoms with Gasteiger partial charge in [-0.15, -0.1) is 0 Å². The summed E-state index contributed by atoms with van der Waals surface area (Å²) in [5, 5.41) is 0. The lowest BCUT2D eigenvalue weighted by Crippen LogP contribution is -1.95. The van der Waals surface area contributed by atoms with Crippen LogP contribution < -0.4 is 10.5 Å². The number of hydrogen-bond acceptors (Lipinski definition) is 3. The van der Waals surface area contributed by atoms with E-state index in [4.69, 9.17) is 15.3 Å². The largest absolute Gasteiger partial charge is 0.489 e. The van der Waals surface area contributed by atoms with Crippen LogP contribution in [0.15, 0.2) is 54.6 Å². The van der Waals surface area contributed by atoms with E-state index in [0.717, 1.165) is 17.0 Å². The standard InChI is InChI=1S/C13H13NO.C3H6.CCl2O/c14-12-6-8-13(9-7-12)15-10-11-4-2-1-3-5-11;1-2-3-1;2-1(3)4/h1-9H,10,14H2;1-3H2;. The predicted octanol–water partition coefficient (Wildman–Crippen LogP) is 5.60. The number of carbonyl (C=O) groups excluding carboxylic acids is 1. The molecule has 1 fully saturated rings. The normalized spacial score (nSPS) is 11.2. The van der Waals surface area contributed by atoms with Gasteiger partial charge in [-0.05, 0) is 53.0 Å². The first-order chi connectivity index (χ1) is 10.6. The molecule has 0 heterocycles. The maximum absolute atomic E-state index is 8.98. The van der Waals surface area contributed by atoms with Crippen molar-refractivity contribution in [2.75, 3.05) is 5.73 Å². The lowest BCUT2D eigenvalue weighted by Gasteiger charge is -2.05. The van der Waals surface area contributed by atoms with E-state index in [0.29, 0.717) is 6.61 Å². The molecule has 0 bridgehead atoms. The first-order valence-corrected chi connectivity index (χ1v) is 7.71. The monoisotopic (exact) mass is 339 g/mol. The van der Waals surface area contributed by atoms with E-state index in [9.17, 15) is 0 Å². The van der Waals surface area contributed by atoms with Crippen molar-refractivity contribution in [3.05, 3.63) is 60.2 Å². The molecule has 22 heavy (non-hydrogen) atoms. The maximum atomic E-state index is 8.98. The Bertz CT molecular complexity index is 536. The van der Waals surface area contributed by atoms with Gasteiger partial charge in [-0.1, -0.05) is 49.6 Å². The lowest BCUT2D eigenvalue weighted by molar-refractivity contribution is 0.275. The summed E-state index contributed by atoms with van der Waals surface area (Å²) in [5.41, 5.74) is 7.49. The fourth-order valence-electron chi connectivity index (χ4n) is 1.30. The molecule has 1 aliphatic rings. The topological polar surface area (TPSA) is 52.3 Å². The summed E-state index contributed by atoms with van der Waals surface area (Å²) in [5.74, 6) is 0.841. The van der Waals surface area contributed by atoms with Crippen molar-refractivity contribution in [2.45, 2.75) is 25.9 Å². The molecule has 0 aliphatic heterocycles. The van der Waals surface area contributed by atoms with Gasteiger partial charge < -0.3 is 10.5 Å². The third-order valence-electron chi connectivity index (χ3n) is 2.48. The van der Waals surface area contributed by atoms with Crippen LogP contribution in [0, 0.1) is 0 Å². The van der Waals surface area contributed by atoms with E-state index in [1.165, 1.54) is 19.3 Å². The van der Waals surface area contributed by atoms with Gasteiger partial charge in [0.2, 0.25) is 0 Å². The second-order valence-corrected chi connectivity index (χ2v) is 5.51. The number of ether oxygens (including phenoxy) is 1. The van der Waals surface area contributed by atoms with Crippen LogP contribution in [0.25, 0.3) is 0 Å². The predicted molar refractivity (Wildman–Crippen MR) is 92.6 cm³/mol. The van der Waals surface area contributed by atoms with Crippen LogP contribution in [0.3, 0.4) is 0 Å². The minimum atomic E-state index is -0.889. The molecule has 3 nitrogen and oxygen atoms in total. The summed E-state index contributed by atoms with van der Waals surface area (Å²) in [6.45, 7) is 0.588. The average molecular weight is 340 g/mol. The van der Waals surface area contributed by atoms with Gasteiger partial charge in [0, 0.05) is 5.69 Å². The van der Waals surface area contributed by atoms with E-state index in [1.54, 1.807) is 0 Å². The van der Waals surface area contributed by atoms with Crippen molar-refractivity contribution in [1.29, 1.82) is 0 Å². The van der Waals surface area contributed by atoms with Gasteiger partial charge in [0.1, 0.15) is 12.4 Å². The number of carbonyl (C=O) groups is 1. The van der Waals surface area contributed by atoms with Crippen LogP contribution in [-0.4, -0.2) is 4.70 Å². The zero-order chi connectivity index (χ0) is 16.2. The van der Waals surface area contributed by atoms with E-state index in [-0.39, 0.29) is 0 Å². The molecule has 0 aromatic heterocycles. The van der Waals surface area contributed by atoms with Gasteiger partial charge in [0.05, 0.1) is 0 Å². The van der Waals surface area contributed by atoms with Crippen LogP contribution in [0.2, 0.25) is 0 Å². The van der Waals surface area contributed by atoms with Crippen LogP contribution in [0.1, 0.15) is 24.8 Å². The van der Waals surface area contributed by atoms with Gasteiger partial charge in [0.25, 0.3) is 0 Å². The molecule has 2 N–H and O–H groups in total. The van der Waals surface area contributed by atoms with Gasteiger partial charge in [-0.2, -0.15) is 0 Å². The van der Waals surface area contributed by atoms with Crippen molar-refractivity contribution >= 4 is 33.6 Å². The Kier molecular flexibility index (Phi) is 9.12. The van der Waals surface area contributed by atoms with E-state index >= 15 is 0 Å². The number of hydrogen-bond donors (Lipinski definition) is 1. The van der Waals surface area contributed by atoms with Gasteiger partial charge >= 0.3 is 4.70 Å². The highest BCUT2D eigenvalue weighted by atomic mass is 35.5. The van der Waals surface area contributed by atoms with Crippen molar-refractivity contribution in [3.8, 4) is 5.75 Å². The minimum Gasteiger partial charge on any atom is -0.489 e. The SMILES string of the molecule is C1CC1.Nc1ccc(OCc2ccccc2)cc1.O=C(Cl)Cl. The zero-order valence-electron chi connectivity index (χ0n) is 12.2. The molecule has 0 atom stereocenters. The van der Waals surface area contributed by atoms with Crippen molar-refractivity contribution < 1.29 is 9.53 Å². The highest BCUT2D eigenvalue weighted by molar-refractivity contribution is 6.93. The van der Waals surface area contributed by atoms with Gasteiger partial charge in [-0.3, -0.25) is 4.79 Å². The van der Waals surface area contributed by atoms with Crippen molar-refractivity contribution in [1.82, 2.24) is 0 Å². The number of rotatable bonds is 3. The number of benzene rings is 2. The molecule has 2 aromatic carbocycles. The summed E-state index contributed by atoms with van der Waals surface area (Å²) in [6.07, 6.45) is 4.50. The van der Waals surface area contributed by atoms with Crippen LogP contribution >= 0.6 is 23.2 Å². The van der Waals surface area contributed by atoms with Crippen LogP contribution in [0.5, 0.6) is 5.75 Å². The number of halogens is 2. The van der Waals surface area contributed by atoms with E-state index in [2.05, 4.69) is 23.2 Å². The van der Waals surface area contributed by atoms with Crippen molar-refractivity contribution in [2.24, 2.45) is 0 Å². The van der Waals surface area contributed by atoms with E-state index < -0.39 is 4.70 Å². The Hall–Kier alpha value is -1.71. The highest BCUT2D eigenvalue weighted by Gasteiger charge is 1.95. The fraction of sp³-hybridized carbons (Fsp3) is 0.235. The molecule has 1 aliphatic carbocycles. The molecule has 0 spiro atoms. The molecule has 0 radical (unpaired) electrons. The highest BCUT2D eigenvalue weighted by Crippen LogP contribution is 2.15. The maximum Gasteiger partial charge on any atom is 0.313 e. The summed E-state index contributed by atoms with van der Waals surface area (Å²) < 4.78 is 4.70. The van der Waals surface area contributed by atoms with Crippen molar-refractivity contribution in [3.63, 3.8) is 0 Å². The molecule has 0 amide bonds. The minimum absolute atomic E-state index is 0.588. The Morgan fingerprint density at radius 3 is 1.91 bits per heavy atom. The average Bonchev–Trinajstić information content (AvgIpc) is 3.36. The molecular formula is C17H19Cl2NO2. The quantitative estimate of drug-likeness (QED) is 0.584.